The van der Waals surface area contributed by atoms with Crippen molar-refractivity contribution >= 4 is 58.4 Å². The summed E-state index contributed by atoms with van der Waals surface area (Å²) in [7, 11) is 0. The summed E-state index contributed by atoms with van der Waals surface area (Å²) in [5.74, 6) is -3.72. The average molecular weight is 937 g/mol. The molecule has 2 aromatic heterocycles. The van der Waals surface area contributed by atoms with E-state index in [4.69, 9.17) is 20.9 Å². The molecule has 2 aliphatic heterocycles. The van der Waals surface area contributed by atoms with Gasteiger partial charge in [-0.3, -0.25) is 19.4 Å². The minimum absolute atomic E-state index is 0.0117. The molecular formula is C42H40F8N8O8. The van der Waals surface area contributed by atoms with Crippen molar-refractivity contribution in [3.63, 3.8) is 0 Å². The van der Waals surface area contributed by atoms with Crippen molar-refractivity contribution < 1.29 is 73.2 Å². The molecule has 0 atom stereocenters. The largest absolute Gasteiger partial charge is 0.573 e. The standard InChI is InChI=1S/2C21H20F4N4O4/c22-16-2-1-3-17(28-16)29-11-20(33-19(29)31)8-6-12(7-9-20)18(30)27-15-5-4-13(10-14(15)26)32-21(23,24)25;22-16-2-1-3-17(28-16)29-11-20(33-19(29)31)8-6-12(7-9-20)18(30)27-15-10-13(4-5-14(15)26)32-21(23,24)25/h2*1-5,10,12H,6-9,11,26H2,(H,27,30). The van der Waals surface area contributed by atoms with Crippen molar-refractivity contribution in [2.24, 2.45) is 11.8 Å². The zero-order valence-corrected chi connectivity index (χ0v) is 34.4. The number of ether oxygens (including phenoxy) is 4. The van der Waals surface area contributed by atoms with E-state index < -0.39 is 77.3 Å². The number of pyridine rings is 2. The van der Waals surface area contributed by atoms with Crippen molar-refractivity contribution in [2.75, 3.05) is 45.0 Å². The summed E-state index contributed by atoms with van der Waals surface area (Å²) >= 11 is 0. The van der Waals surface area contributed by atoms with Crippen LogP contribution in [0.25, 0.3) is 0 Å². The summed E-state index contributed by atoms with van der Waals surface area (Å²) in [6.45, 7) is 0.380. The number of hydrogen-bond donors (Lipinski definition) is 4. The van der Waals surface area contributed by atoms with Crippen molar-refractivity contribution in [3.05, 3.63) is 84.7 Å². The van der Waals surface area contributed by atoms with Crippen LogP contribution in [0.2, 0.25) is 0 Å². The Hall–Kier alpha value is -7.14. The van der Waals surface area contributed by atoms with Crippen molar-refractivity contribution in [1.82, 2.24) is 9.97 Å². The molecule has 2 aliphatic carbocycles. The van der Waals surface area contributed by atoms with Crippen LogP contribution in [0, 0.1) is 23.7 Å². The molecule has 0 radical (unpaired) electrons. The number of nitrogens with zero attached hydrogens (tertiary/aromatic N) is 4. The predicted molar refractivity (Wildman–Crippen MR) is 218 cm³/mol. The predicted octanol–water partition coefficient (Wildman–Crippen LogP) is 8.45. The highest BCUT2D eigenvalue weighted by molar-refractivity contribution is 5.97. The van der Waals surface area contributed by atoms with Crippen molar-refractivity contribution in [3.8, 4) is 11.5 Å². The number of rotatable bonds is 8. The molecule has 0 unspecified atom stereocenters. The summed E-state index contributed by atoms with van der Waals surface area (Å²) in [5.41, 5.74) is 10.1. The minimum atomic E-state index is -4.87. The first-order chi connectivity index (χ1) is 31.1. The Bertz CT molecular complexity index is 2480. The van der Waals surface area contributed by atoms with E-state index in [0.717, 1.165) is 24.3 Å². The number of benzene rings is 2. The normalized spacial score (nSPS) is 22.8. The third kappa shape index (κ3) is 11.4. The molecule has 4 heterocycles. The lowest BCUT2D eigenvalue weighted by atomic mass is 9.78. The molecular weight excluding hydrogens is 896 g/mol. The Labute approximate surface area is 369 Å². The van der Waals surface area contributed by atoms with Gasteiger partial charge < -0.3 is 41.0 Å². The fraction of sp³-hybridized carbons (Fsp3) is 0.381. The maximum atomic E-state index is 13.4. The van der Waals surface area contributed by atoms with Gasteiger partial charge in [0.05, 0.1) is 35.8 Å². The van der Waals surface area contributed by atoms with Gasteiger partial charge in [0.15, 0.2) is 0 Å². The van der Waals surface area contributed by atoms with Gasteiger partial charge in [0.1, 0.15) is 34.3 Å². The van der Waals surface area contributed by atoms with Crippen molar-refractivity contribution in [2.45, 2.75) is 75.3 Å². The fourth-order valence-electron chi connectivity index (χ4n) is 8.19. The van der Waals surface area contributed by atoms with Gasteiger partial charge in [0.2, 0.25) is 23.7 Å². The van der Waals surface area contributed by atoms with Crippen molar-refractivity contribution in [1.29, 1.82) is 0 Å². The van der Waals surface area contributed by atoms with E-state index in [0.29, 0.717) is 51.4 Å². The van der Waals surface area contributed by atoms with Crippen LogP contribution in [-0.4, -0.2) is 71.0 Å². The number of hydrogen-bond acceptors (Lipinski definition) is 12. The summed E-state index contributed by atoms with van der Waals surface area (Å²) in [4.78, 5) is 60.0. The first kappa shape index (κ1) is 46.8. The molecule has 4 aliphatic rings. The maximum absolute atomic E-state index is 13.4. The van der Waals surface area contributed by atoms with Gasteiger partial charge in [0, 0.05) is 24.0 Å². The third-order valence-electron chi connectivity index (χ3n) is 11.5. The van der Waals surface area contributed by atoms with Gasteiger partial charge in [-0.05, 0) is 99.9 Å². The van der Waals surface area contributed by atoms with Crippen LogP contribution in [0.3, 0.4) is 0 Å². The molecule has 66 heavy (non-hydrogen) atoms. The zero-order chi connectivity index (χ0) is 47.6. The van der Waals surface area contributed by atoms with E-state index in [2.05, 4.69) is 30.1 Å². The highest BCUT2D eigenvalue weighted by atomic mass is 19.4. The quantitative estimate of drug-likeness (QED) is 0.0744. The number of nitrogens with one attached hydrogen (secondary N) is 2. The van der Waals surface area contributed by atoms with Gasteiger partial charge in [0.25, 0.3) is 0 Å². The van der Waals surface area contributed by atoms with Crippen LogP contribution in [0.1, 0.15) is 51.4 Å². The maximum Gasteiger partial charge on any atom is 0.573 e. The summed E-state index contributed by atoms with van der Waals surface area (Å²) in [6, 6.07) is 14.8. The number of carbonyl (C=O) groups is 4. The van der Waals surface area contributed by atoms with Crippen LogP contribution in [0.15, 0.2) is 72.8 Å². The minimum Gasteiger partial charge on any atom is -0.441 e. The molecule has 4 amide bonds. The van der Waals surface area contributed by atoms with Gasteiger partial charge in [-0.2, -0.15) is 8.78 Å². The second-order valence-electron chi connectivity index (χ2n) is 16.0. The van der Waals surface area contributed by atoms with Crippen LogP contribution in [-0.2, 0) is 19.1 Å². The lowest BCUT2D eigenvalue weighted by Gasteiger charge is -2.34. The van der Waals surface area contributed by atoms with Crippen LogP contribution in [0.5, 0.6) is 11.5 Å². The van der Waals surface area contributed by atoms with E-state index in [9.17, 15) is 54.3 Å². The number of halogens is 8. The molecule has 4 fully saturated rings. The van der Waals surface area contributed by atoms with E-state index >= 15 is 0 Å². The number of amides is 4. The zero-order valence-electron chi connectivity index (χ0n) is 34.4. The van der Waals surface area contributed by atoms with Gasteiger partial charge >= 0.3 is 24.9 Å². The average Bonchev–Trinajstić information content (AvgIpc) is 3.74. The Kier molecular flexibility index (Phi) is 13.1. The molecule has 2 saturated heterocycles. The summed E-state index contributed by atoms with van der Waals surface area (Å²) in [6.07, 6.45) is -7.79. The lowest BCUT2D eigenvalue weighted by Crippen LogP contribution is -2.41. The number of anilines is 6. The molecule has 4 aromatic rings. The van der Waals surface area contributed by atoms with Crippen LogP contribution in [0.4, 0.5) is 79.1 Å². The smallest absolute Gasteiger partial charge is 0.441 e. The highest BCUT2D eigenvalue weighted by Gasteiger charge is 2.50. The Balaban J connectivity index is 0.000000196. The van der Waals surface area contributed by atoms with Crippen LogP contribution < -0.4 is 41.4 Å². The number of nitrogen functional groups attached to an aromatic ring is 2. The summed E-state index contributed by atoms with van der Waals surface area (Å²) in [5, 5.41) is 5.18. The molecule has 24 heteroatoms. The molecule has 352 valence electrons. The Morgan fingerprint density at radius 3 is 1.47 bits per heavy atom. The van der Waals surface area contributed by atoms with Gasteiger partial charge in [-0.25, -0.2) is 19.6 Å². The van der Waals surface area contributed by atoms with Crippen LogP contribution >= 0.6 is 0 Å². The SMILES string of the molecule is Nc1cc(OC(F)(F)F)ccc1NC(=O)C1CCC2(CC1)CN(c1cccc(F)n1)C(=O)O2.Nc1ccc(OC(F)(F)F)cc1NC(=O)C1CCC2(CC1)CN(c1cccc(F)n1)C(=O)O2. The second-order valence-corrected chi connectivity index (χ2v) is 16.0. The highest BCUT2D eigenvalue weighted by Crippen LogP contribution is 2.43. The monoisotopic (exact) mass is 936 g/mol. The lowest BCUT2D eigenvalue weighted by molar-refractivity contribution is -0.275. The second kappa shape index (κ2) is 18.4. The van der Waals surface area contributed by atoms with E-state index in [1.807, 2.05) is 0 Å². The van der Waals surface area contributed by atoms with E-state index in [1.165, 1.54) is 58.3 Å². The molecule has 0 bridgehead atoms. The third-order valence-corrected chi connectivity index (χ3v) is 11.5. The molecule has 2 spiro atoms. The van der Waals surface area contributed by atoms with Gasteiger partial charge in [-0.1, -0.05) is 12.1 Å². The first-order valence-corrected chi connectivity index (χ1v) is 20.3. The number of aromatic nitrogens is 2. The van der Waals surface area contributed by atoms with E-state index in [1.54, 1.807) is 0 Å². The molecule has 6 N–H and O–H groups in total. The summed E-state index contributed by atoms with van der Waals surface area (Å²) < 4.78 is 120. The molecule has 16 nitrogen and oxygen atoms in total. The Morgan fingerprint density at radius 1 is 0.621 bits per heavy atom. The molecule has 2 aromatic carbocycles. The molecule has 2 saturated carbocycles. The topological polar surface area (TPSA) is 214 Å². The first-order valence-electron chi connectivity index (χ1n) is 20.3. The molecule has 8 rings (SSSR count). The van der Waals surface area contributed by atoms with E-state index in [-0.39, 0.29) is 53.4 Å². The Morgan fingerprint density at radius 2 is 1.05 bits per heavy atom. The number of alkyl halides is 6. The number of nitrogens with two attached hydrogens (primary N) is 2. The van der Waals surface area contributed by atoms with Gasteiger partial charge in [-0.15, -0.1) is 26.3 Å². The number of carbonyl (C=O) groups excluding carboxylic acids is 4. The fourth-order valence-corrected chi connectivity index (χ4v) is 8.19.